The van der Waals surface area contributed by atoms with Gasteiger partial charge < -0.3 is 5.32 Å². The van der Waals surface area contributed by atoms with E-state index in [9.17, 15) is 4.79 Å². The minimum absolute atomic E-state index is 0.124. The Morgan fingerprint density at radius 1 is 1.16 bits per heavy atom. The van der Waals surface area contributed by atoms with Crippen molar-refractivity contribution in [1.29, 1.82) is 0 Å². The first-order chi connectivity index (χ1) is 9.20. The minimum atomic E-state index is 0.124. The Balaban J connectivity index is 1.51. The summed E-state index contributed by atoms with van der Waals surface area (Å²) in [6, 6.07) is 2.39. The number of hydrogen-bond donors (Lipinski definition) is 1. The van der Waals surface area contributed by atoms with Crippen molar-refractivity contribution in [3.05, 3.63) is 20.8 Å². The molecule has 4 heteroatoms. The van der Waals surface area contributed by atoms with Crippen LogP contribution in [0.3, 0.4) is 0 Å². The molecule has 1 amide bonds. The first-order valence-corrected chi connectivity index (χ1v) is 8.92. The summed E-state index contributed by atoms with van der Waals surface area (Å²) < 4.78 is 0.929. The highest BCUT2D eigenvalue weighted by Crippen LogP contribution is 2.53. The fourth-order valence-electron chi connectivity index (χ4n) is 4.83. The molecule has 4 saturated carbocycles. The standard InChI is InChI=1S/C15H18BrNOS/c16-12-1-2-19-14(12)15(18)17-13-10-4-8-3-9(6-10)7-11(13)5-8/h1-2,8-11,13H,3-7H2,(H,17,18). The Morgan fingerprint density at radius 2 is 1.79 bits per heavy atom. The molecule has 0 aliphatic heterocycles. The van der Waals surface area contributed by atoms with Gasteiger partial charge in [-0.1, -0.05) is 0 Å². The second kappa shape index (κ2) is 4.59. The van der Waals surface area contributed by atoms with Crippen LogP contribution < -0.4 is 5.32 Å². The summed E-state index contributed by atoms with van der Waals surface area (Å²) in [5.74, 6) is 3.55. The number of nitrogens with one attached hydrogen (secondary N) is 1. The van der Waals surface area contributed by atoms with Crippen molar-refractivity contribution >= 4 is 33.2 Å². The maximum absolute atomic E-state index is 12.4. The van der Waals surface area contributed by atoms with E-state index in [4.69, 9.17) is 0 Å². The minimum Gasteiger partial charge on any atom is -0.348 e. The zero-order chi connectivity index (χ0) is 13.0. The fourth-order valence-corrected chi connectivity index (χ4v) is 6.29. The number of carbonyl (C=O) groups excluding carboxylic acids is 1. The van der Waals surface area contributed by atoms with Gasteiger partial charge in [0.15, 0.2) is 0 Å². The Kier molecular flexibility index (Phi) is 2.99. The molecule has 0 atom stereocenters. The molecule has 1 heterocycles. The summed E-state index contributed by atoms with van der Waals surface area (Å²) in [5, 5.41) is 5.31. The summed E-state index contributed by atoms with van der Waals surface area (Å²) >= 11 is 4.98. The van der Waals surface area contributed by atoms with Crippen molar-refractivity contribution in [2.24, 2.45) is 23.7 Å². The largest absolute Gasteiger partial charge is 0.348 e. The maximum atomic E-state index is 12.4. The molecule has 0 saturated heterocycles. The average Bonchev–Trinajstić information content (AvgIpc) is 2.79. The van der Waals surface area contributed by atoms with Crippen LogP contribution in [-0.2, 0) is 0 Å². The number of amides is 1. The highest BCUT2D eigenvalue weighted by Gasteiger charge is 2.48. The van der Waals surface area contributed by atoms with Gasteiger partial charge in [-0.15, -0.1) is 11.3 Å². The molecule has 19 heavy (non-hydrogen) atoms. The van der Waals surface area contributed by atoms with Crippen molar-refractivity contribution in [2.75, 3.05) is 0 Å². The lowest BCUT2D eigenvalue weighted by atomic mass is 9.54. The van der Waals surface area contributed by atoms with Gasteiger partial charge in [-0.05, 0) is 83.2 Å². The first-order valence-electron chi connectivity index (χ1n) is 7.24. The molecule has 0 radical (unpaired) electrons. The lowest BCUT2D eigenvalue weighted by Gasteiger charge is -2.54. The number of thiophene rings is 1. The van der Waals surface area contributed by atoms with Gasteiger partial charge in [-0.3, -0.25) is 4.79 Å². The molecule has 102 valence electrons. The monoisotopic (exact) mass is 339 g/mol. The third-order valence-corrected chi connectivity index (χ3v) is 7.18. The highest BCUT2D eigenvalue weighted by atomic mass is 79.9. The second-order valence-corrected chi connectivity index (χ2v) is 8.30. The molecule has 1 N–H and O–H groups in total. The summed E-state index contributed by atoms with van der Waals surface area (Å²) in [6.07, 6.45) is 6.87. The third-order valence-electron chi connectivity index (χ3n) is 5.35. The predicted molar refractivity (Wildman–Crippen MR) is 80.3 cm³/mol. The quantitative estimate of drug-likeness (QED) is 0.864. The molecule has 2 nitrogen and oxygen atoms in total. The van der Waals surface area contributed by atoms with E-state index in [0.717, 1.165) is 33.0 Å². The van der Waals surface area contributed by atoms with Gasteiger partial charge in [0.1, 0.15) is 4.88 Å². The van der Waals surface area contributed by atoms with E-state index in [2.05, 4.69) is 21.2 Å². The van der Waals surface area contributed by atoms with Crippen LogP contribution in [0.4, 0.5) is 0 Å². The van der Waals surface area contributed by atoms with E-state index in [-0.39, 0.29) is 5.91 Å². The number of carbonyl (C=O) groups is 1. The number of hydrogen-bond acceptors (Lipinski definition) is 2. The Hall–Kier alpha value is -0.350. The Morgan fingerprint density at radius 3 is 2.32 bits per heavy atom. The number of halogens is 1. The van der Waals surface area contributed by atoms with E-state index in [1.54, 1.807) is 0 Å². The zero-order valence-corrected chi connectivity index (χ0v) is 13.2. The summed E-state index contributed by atoms with van der Waals surface area (Å²) in [6.45, 7) is 0. The topological polar surface area (TPSA) is 29.1 Å². The van der Waals surface area contributed by atoms with Gasteiger partial charge in [0.25, 0.3) is 5.91 Å². The summed E-state index contributed by atoms with van der Waals surface area (Å²) in [5.41, 5.74) is 0. The molecule has 4 aliphatic rings. The van der Waals surface area contributed by atoms with Crippen LogP contribution in [0.25, 0.3) is 0 Å². The average molecular weight is 340 g/mol. The molecule has 0 spiro atoms. The second-order valence-electron chi connectivity index (χ2n) is 6.53. The van der Waals surface area contributed by atoms with Crippen LogP contribution in [-0.4, -0.2) is 11.9 Å². The molecular weight excluding hydrogens is 322 g/mol. The van der Waals surface area contributed by atoms with E-state index in [1.807, 2.05) is 11.4 Å². The van der Waals surface area contributed by atoms with Gasteiger partial charge in [0, 0.05) is 10.5 Å². The van der Waals surface area contributed by atoms with Crippen LogP contribution in [0.15, 0.2) is 15.9 Å². The maximum Gasteiger partial charge on any atom is 0.262 e. The summed E-state index contributed by atoms with van der Waals surface area (Å²) in [7, 11) is 0. The van der Waals surface area contributed by atoms with Gasteiger partial charge in [-0.25, -0.2) is 0 Å². The van der Waals surface area contributed by atoms with Crippen molar-refractivity contribution < 1.29 is 4.79 Å². The molecule has 4 bridgehead atoms. The smallest absolute Gasteiger partial charge is 0.262 e. The molecule has 1 aromatic heterocycles. The van der Waals surface area contributed by atoms with Crippen LogP contribution in [0.5, 0.6) is 0 Å². The van der Waals surface area contributed by atoms with E-state index < -0.39 is 0 Å². The third kappa shape index (κ3) is 2.07. The van der Waals surface area contributed by atoms with E-state index in [1.165, 1.54) is 43.4 Å². The van der Waals surface area contributed by atoms with Crippen molar-refractivity contribution in [3.8, 4) is 0 Å². The summed E-state index contributed by atoms with van der Waals surface area (Å²) in [4.78, 5) is 13.2. The van der Waals surface area contributed by atoms with Crippen LogP contribution in [0.2, 0.25) is 0 Å². The predicted octanol–water partition coefficient (Wildman–Crippen LogP) is 4.07. The lowest BCUT2D eigenvalue weighted by Crippen LogP contribution is -2.55. The Bertz CT molecular complexity index is 484. The molecule has 5 rings (SSSR count). The molecule has 1 aromatic rings. The van der Waals surface area contributed by atoms with Crippen molar-refractivity contribution in [1.82, 2.24) is 5.32 Å². The lowest BCUT2D eigenvalue weighted by molar-refractivity contribution is -0.0119. The van der Waals surface area contributed by atoms with Gasteiger partial charge in [0.2, 0.25) is 0 Å². The molecule has 0 aromatic carbocycles. The number of rotatable bonds is 2. The van der Waals surface area contributed by atoms with Crippen molar-refractivity contribution in [2.45, 2.75) is 38.1 Å². The van der Waals surface area contributed by atoms with Gasteiger partial charge in [0.05, 0.1) is 0 Å². The molecular formula is C15H18BrNOS. The van der Waals surface area contributed by atoms with Crippen LogP contribution in [0.1, 0.15) is 41.8 Å². The molecule has 4 aliphatic carbocycles. The van der Waals surface area contributed by atoms with E-state index >= 15 is 0 Å². The molecule has 0 unspecified atom stereocenters. The van der Waals surface area contributed by atoms with Crippen LogP contribution in [0, 0.1) is 23.7 Å². The zero-order valence-electron chi connectivity index (χ0n) is 10.8. The highest BCUT2D eigenvalue weighted by molar-refractivity contribution is 9.10. The van der Waals surface area contributed by atoms with Crippen molar-refractivity contribution in [3.63, 3.8) is 0 Å². The first kappa shape index (κ1) is 12.4. The van der Waals surface area contributed by atoms with Gasteiger partial charge >= 0.3 is 0 Å². The Labute approximate surface area is 126 Å². The molecule has 4 fully saturated rings. The van der Waals surface area contributed by atoms with Gasteiger partial charge in [-0.2, -0.15) is 0 Å². The van der Waals surface area contributed by atoms with Crippen LogP contribution >= 0.6 is 27.3 Å². The normalized spacial score (nSPS) is 39.5. The SMILES string of the molecule is O=C(NC1C2CC3CC(C2)CC1C3)c1sccc1Br. The van der Waals surface area contributed by atoms with E-state index in [0.29, 0.717) is 6.04 Å². The fraction of sp³-hybridized carbons (Fsp3) is 0.667.